The molecule has 1 aliphatic carbocycles. The van der Waals surface area contributed by atoms with Gasteiger partial charge in [-0.1, -0.05) is 17.7 Å². The van der Waals surface area contributed by atoms with E-state index in [4.69, 9.17) is 11.6 Å². The molecule has 0 saturated heterocycles. The Morgan fingerprint density at radius 3 is 2.89 bits per heavy atom. The molecule has 0 amide bonds. The number of carbonyl (C=O) groups excluding carboxylic acids is 1. The van der Waals surface area contributed by atoms with Crippen molar-refractivity contribution in [2.45, 2.75) is 18.9 Å². The number of nitrogens with one attached hydrogen (secondary N) is 1. The van der Waals surface area contributed by atoms with Crippen LogP contribution in [0.5, 0.6) is 0 Å². The summed E-state index contributed by atoms with van der Waals surface area (Å²) in [6, 6.07) is 2.42. The molecule has 3 nitrogen and oxygen atoms in total. The van der Waals surface area contributed by atoms with Gasteiger partial charge in [-0.2, -0.15) is 4.39 Å². The molecule has 1 atom stereocenters. The molecule has 0 bridgehead atoms. The molecule has 98 valence electrons. The molecule has 1 saturated carbocycles. The fourth-order valence-corrected chi connectivity index (χ4v) is 2.44. The maximum absolute atomic E-state index is 13.6. The van der Waals surface area contributed by atoms with Gasteiger partial charge in [0, 0.05) is 6.20 Å². The van der Waals surface area contributed by atoms with Gasteiger partial charge in [-0.15, -0.1) is 0 Å². The SMILES string of the molecule is O=C(c1cccnc1F)C1NC(Cl)=CC=C1C1CC1. The van der Waals surface area contributed by atoms with Gasteiger partial charge in [-0.25, -0.2) is 4.98 Å². The summed E-state index contributed by atoms with van der Waals surface area (Å²) in [6.45, 7) is 0. The minimum Gasteiger partial charge on any atom is -0.362 e. The molecule has 1 aromatic rings. The molecule has 0 radical (unpaired) electrons. The van der Waals surface area contributed by atoms with E-state index in [9.17, 15) is 9.18 Å². The predicted molar refractivity (Wildman–Crippen MR) is 70.2 cm³/mol. The lowest BCUT2D eigenvalue weighted by Crippen LogP contribution is -2.39. The van der Waals surface area contributed by atoms with Crippen LogP contribution in [0.1, 0.15) is 23.2 Å². The van der Waals surface area contributed by atoms with Gasteiger partial charge in [0.25, 0.3) is 0 Å². The molecule has 0 aromatic carbocycles. The number of carbonyl (C=O) groups is 1. The zero-order valence-electron chi connectivity index (χ0n) is 10.1. The highest BCUT2D eigenvalue weighted by Crippen LogP contribution is 2.40. The van der Waals surface area contributed by atoms with Gasteiger partial charge in [0.15, 0.2) is 5.78 Å². The van der Waals surface area contributed by atoms with Gasteiger partial charge < -0.3 is 5.32 Å². The first-order chi connectivity index (χ1) is 9.16. The van der Waals surface area contributed by atoms with Crippen LogP contribution in [0, 0.1) is 11.9 Å². The summed E-state index contributed by atoms with van der Waals surface area (Å²) in [5, 5.41) is 3.32. The molecule has 2 aliphatic rings. The lowest BCUT2D eigenvalue weighted by Gasteiger charge is -2.24. The summed E-state index contributed by atoms with van der Waals surface area (Å²) in [4.78, 5) is 16.0. The van der Waals surface area contributed by atoms with E-state index in [0.29, 0.717) is 11.1 Å². The lowest BCUT2D eigenvalue weighted by atomic mass is 9.93. The Morgan fingerprint density at radius 1 is 1.42 bits per heavy atom. The van der Waals surface area contributed by atoms with Crippen LogP contribution in [0.3, 0.4) is 0 Å². The van der Waals surface area contributed by atoms with Crippen LogP contribution in [-0.4, -0.2) is 16.8 Å². The second-order valence-corrected chi connectivity index (χ2v) is 5.15. The molecule has 1 unspecified atom stereocenters. The van der Waals surface area contributed by atoms with Crippen molar-refractivity contribution in [2.24, 2.45) is 5.92 Å². The summed E-state index contributed by atoms with van der Waals surface area (Å²) < 4.78 is 13.6. The number of nitrogens with zero attached hydrogens (tertiary/aromatic N) is 1. The van der Waals surface area contributed by atoms with Crippen LogP contribution >= 0.6 is 11.6 Å². The summed E-state index contributed by atoms with van der Waals surface area (Å²) >= 11 is 5.92. The third-order valence-electron chi connectivity index (χ3n) is 3.37. The summed E-state index contributed by atoms with van der Waals surface area (Å²) in [5.74, 6) is -0.660. The number of halogens is 2. The van der Waals surface area contributed by atoms with E-state index in [-0.39, 0.29) is 11.3 Å². The Labute approximate surface area is 115 Å². The third kappa shape index (κ3) is 2.40. The summed E-state index contributed by atoms with van der Waals surface area (Å²) in [6.07, 6.45) is 7.06. The van der Waals surface area contributed by atoms with Crippen molar-refractivity contribution < 1.29 is 9.18 Å². The van der Waals surface area contributed by atoms with Crippen molar-refractivity contribution in [3.05, 3.63) is 52.7 Å². The molecule has 0 spiro atoms. The van der Waals surface area contributed by atoms with Crippen LogP contribution < -0.4 is 5.32 Å². The normalized spacial score (nSPS) is 22.3. The summed E-state index contributed by atoms with van der Waals surface area (Å²) in [5.41, 5.74) is 0.982. The van der Waals surface area contributed by atoms with Crippen LogP contribution in [0.2, 0.25) is 0 Å². The van der Waals surface area contributed by atoms with Gasteiger partial charge in [0.1, 0.15) is 11.2 Å². The van der Waals surface area contributed by atoms with Gasteiger partial charge in [-0.3, -0.25) is 4.79 Å². The number of dihydropyridines is 1. The van der Waals surface area contributed by atoms with E-state index in [1.54, 1.807) is 12.1 Å². The Morgan fingerprint density at radius 2 is 2.21 bits per heavy atom. The number of hydrogen-bond donors (Lipinski definition) is 1. The zero-order chi connectivity index (χ0) is 13.4. The lowest BCUT2D eigenvalue weighted by molar-refractivity contribution is 0.0956. The molecule has 3 rings (SSSR count). The van der Waals surface area contributed by atoms with Gasteiger partial charge in [-0.05, 0) is 42.5 Å². The Bertz CT molecular complexity index is 593. The zero-order valence-corrected chi connectivity index (χ0v) is 10.8. The number of pyridine rings is 1. The molecular formula is C14H12ClFN2O. The minimum absolute atomic E-state index is 0.00193. The molecular weight excluding hydrogens is 267 g/mol. The average Bonchev–Trinajstić information content (AvgIpc) is 3.23. The molecule has 5 heteroatoms. The number of allylic oxidation sites excluding steroid dienone is 2. The highest BCUT2D eigenvalue weighted by atomic mass is 35.5. The second-order valence-electron chi connectivity index (χ2n) is 4.74. The van der Waals surface area contributed by atoms with Crippen LogP contribution in [0.15, 0.2) is 41.2 Å². The largest absolute Gasteiger partial charge is 0.362 e. The standard InChI is InChI=1S/C14H12ClFN2O/c15-11-6-5-9(8-3-4-8)12(18-11)13(19)10-2-1-7-17-14(10)16/h1-2,5-8,12,18H,3-4H2. The Hall–Kier alpha value is -1.68. The first-order valence-corrected chi connectivity index (χ1v) is 6.53. The monoisotopic (exact) mass is 278 g/mol. The molecule has 1 aromatic heterocycles. The first-order valence-electron chi connectivity index (χ1n) is 6.15. The number of Topliss-reactive ketones (excluding diaryl/α,β-unsaturated/α-hetero) is 1. The minimum atomic E-state index is -0.741. The number of aromatic nitrogens is 1. The Balaban J connectivity index is 1.93. The third-order valence-corrected chi connectivity index (χ3v) is 3.61. The number of hydrogen-bond acceptors (Lipinski definition) is 3. The van der Waals surface area contributed by atoms with Crippen LogP contribution in [0.25, 0.3) is 0 Å². The van der Waals surface area contributed by atoms with Crippen LogP contribution in [-0.2, 0) is 0 Å². The van der Waals surface area contributed by atoms with Gasteiger partial charge in [0.2, 0.25) is 5.95 Å². The van der Waals surface area contributed by atoms with Crippen molar-refractivity contribution in [2.75, 3.05) is 0 Å². The van der Waals surface area contributed by atoms with E-state index in [0.717, 1.165) is 18.4 Å². The van der Waals surface area contributed by atoms with E-state index >= 15 is 0 Å². The van der Waals surface area contributed by atoms with Gasteiger partial charge in [0.05, 0.1) is 5.56 Å². The number of ketones is 1. The highest BCUT2D eigenvalue weighted by Gasteiger charge is 2.36. The first kappa shape index (κ1) is 12.4. The topological polar surface area (TPSA) is 42.0 Å². The maximum Gasteiger partial charge on any atom is 0.223 e. The second kappa shape index (κ2) is 4.78. The Kier molecular flexibility index (Phi) is 3.11. The van der Waals surface area contributed by atoms with Crippen molar-refractivity contribution in [3.63, 3.8) is 0 Å². The molecule has 19 heavy (non-hydrogen) atoms. The average molecular weight is 279 g/mol. The van der Waals surface area contributed by atoms with Crippen molar-refractivity contribution in [1.82, 2.24) is 10.3 Å². The van der Waals surface area contributed by atoms with Crippen molar-refractivity contribution in [1.29, 1.82) is 0 Å². The molecule has 1 aliphatic heterocycles. The van der Waals surface area contributed by atoms with E-state index in [1.807, 2.05) is 6.08 Å². The summed E-state index contributed by atoms with van der Waals surface area (Å²) in [7, 11) is 0. The predicted octanol–water partition coefficient (Wildman–Crippen LogP) is 2.79. The molecule has 2 heterocycles. The smallest absolute Gasteiger partial charge is 0.223 e. The highest BCUT2D eigenvalue weighted by molar-refractivity contribution is 6.29. The van der Waals surface area contributed by atoms with E-state index < -0.39 is 12.0 Å². The molecule has 1 N–H and O–H groups in total. The van der Waals surface area contributed by atoms with Crippen LogP contribution in [0.4, 0.5) is 4.39 Å². The van der Waals surface area contributed by atoms with E-state index in [2.05, 4.69) is 10.3 Å². The van der Waals surface area contributed by atoms with Crippen molar-refractivity contribution in [3.8, 4) is 0 Å². The quantitative estimate of drug-likeness (QED) is 0.525. The van der Waals surface area contributed by atoms with Crippen molar-refractivity contribution >= 4 is 17.4 Å². The van der Waals surface area contributed by atoms with E-state index in [1.165, 1.54) is 12.3 Å². The fraction of sp³-hybridized carbons (Fsp3) is 0.286. The molecule has 1 fully saturated rings. The maximum atomic E-state index is 13.6. The van der Waals surface area contributed by atoms with Gasteiger partial charge >= 0.3 is 0 Å². The fourth-order valence-electron chi connectivity index (χ4n) is 2.27. The number of rotatable bonds is 3.